The van der Waals surface area contributed by atoms with Crippen LogP contribution in [0.1, 0.15) is 18.9 Å². The van der Waals surface area contributed by atoms with Gasteiger partial charge in [-0.1, -0.05) is 19.1 Å². The largest absolute Gasteiger partial charge is 0.508 e. The maximum atomic E-state index is 13.0. The third-order valence-electron chi connectivity index (χ3n) is 9.04. The van der Waals surface area contributed by atoms with Gasteiger partial charge in [0.1, 0.15) is 60.4 Å². The van der Waals surface area contributed by atoms with Crippen molar-refractivity contribution in [3.8, 4) is 5.75 Å². The van der Waals surface area contributed by atoms with Crippen LogP contribution in [0.25, 0.3) is 0 Å². The van der Waals surface area contributed by atoms with E-state index in [0.717, 1.165) is 11.8 Å². The Bertz CT molecular complexity index is 1240. The number of esters is 1. The number of aliphatic hydroxyl groups is 7. The van der Waals surface area contributed by atoms with E-state index in [0.29, 0.717) is 6.42 Å². The number of carbonyl (C=O) groups excluding carboxylic acids is 2. The second-order valence-electron chi connectivity index (χ2n) is 11.9. The minimum absolute atomic E-state index is 0.0128. The topological polar surface area (TPSA) is 251 Å². The SMILES string of the molecule is CC1C(=O)CC2C(C(=O)OCCc3ccc(O)cc3)=COC(OC3OC(CO)C(OC4OC(CO)C(O)C(O)C4O)C(O)C3O)C12. The number of Topliss-reactive ketones (excluding diaryl/α,β-unsaturated/α-hetero) is 1. The van der Waals surface area contributed by atoms with Gasteiger partial charge in [0, 0.05) is 30.6 Å². The van der Waals surface area contributed by atoms with E-state index < -0.39 is 105 Å². The van der Waals surface area contributed by atoms with Gasteiger partial charge in [-0.25, -0.2) is 4.79 Å². The lowest BCUT2D eigenvalue weighted by Crippen LogP contribution is -2.65. The fourth-order valence-corrected chi connectivity index (χ4v) is 6.29. The van der Waals surface area contributed by atoms with E-state index in [1.54, 1.807) is 19.1 Å². The first-order valence-electron chi connectivity index (χ1n) is 15.0. The van der Waals surface area contributed by atoms with Crippen molar-refractivity contribution < 1.29 is 78.9 Å². The molecule has 3 aliphatic heterocycles. The van der Waals surface area contributed by atoms with Gasteiger partial charge in [-0.15, -0.1) is 0 Å². The van der Waals surface area contributed by atoms with Gasteiger partial charge in [0.2, 0.25) is 6.29 Å². The van der Waals surface area contributed by atoms with Crippen molar-refractivity contribution in [3.63, 3.8) is 0 Å². The Hall–Kier alpha value is -2.74. The van der Waals surface area contributed by atoms with Crippen LogP contribution in [0.3, 0.4) is 0 Å². The molecule has 0 bridgehead atoms. The number of ketones is 1. The van der Waals surface area contributed by atoms with Crippen molar-refractivity contribution in [2.45, 2.75) is 87.5 Å². The maximum Gasteiger partial charge on any atom is 0.337 e. The van der Waals surface area contributed by atoms with Crippen LogP contribution in [0.4, 0.5) is 0 Å². The van der Waals surface area contributed by atoms with Gasteiger partial charge < -0.3 is 69.3 Å². The highest BCUT2D eigenvalue weighted by Crippen LogP contribution is 2.46. The predicted molar refractivity (Wildman–Crippen MR) is 149 cm³/mol. The first-order chi connectivity index (χ1) is 21.9. The first kappa shape index (κ1) is 34.6. The number of carbonyl (C=O) groups is 2. The molecule has 5 rings (SSSR count). The fraction of sp³-hybridized carbons (Fsp3) is 0.667. The number of phenolic OH excluding ortho intramolecular Hbond substituents is 1. The molecule has 14 unspecified atom stereocenters. The fourth-order valence-electron chi connectivity index (χ4n) is 6.29. The van der Waals surface area contributed by atoms with Crippen molar-refractivity contribution in [2.24, 2.45) is 17.8 Å². The van der Waals surface area contributed by atoms with Crippen LogP contribution in [-0.4, -0.2) is 140 Å². The molecule has 8 N–H and O–H groups in total. The molecule has 0 radical (unpaired) electrons. The van der Waals surface area contributed by atoms with E-state index in [4.69, 9.17) is 28.4 Å². The molecule has 1 aromatic carbocycles. The van der Waals surface area contributed by atoms with Crippen molar-refractivity contribution in [1.29, 1.82) is 0 Å². The smallest absolute Gasteiger partial charge is 0.337 e. The zero-order chi connectivity index (χ0) is 33.3. The highest BCUT2D eigenvalue weighted by atomic mass is 16.8. The average molecular weight is 657 g/mol. The summed E-state index contributed by atoms with van der Waals surface area (Å²) >= 11 is 0. The monoisotopic (exact) mass is 656 g/mol. The normalized spacial score (nSPS) is 41.0. The van der Waals surface area contributed by atoms with Gasteiger partial charge in [-0.2, -0.15) is 0 Å². The summed E-state index contributed by atoms with van der Waals surface area (Å²) in [6, 6.07) is 6.44. The van der Waals surface area contributed by atoms with E-state index in [1.807, 2.05) is 0 Å². The molecule has 0 spiro atoms. The van der Waals surface area contributed by atoms with Crippen LogP contribution in [-0.2, 0) is 44.4 Å². The standard InChI is InChI=1S/C30H40O16/c1-12-17(34)8-15-16(27(40)41-7-6-13-2-4-14(33)5-3-13)11-42-28(20(12)15)46-30-25(39)23(37)26(19(10-32)44-30)45-29-24(38)22(36)21(35)18(9-31)43-29/h2-5,11-12,15,18-26,28-33,35-39H,6-10H2,1H3. The summed E-state index contributed by atoms with van der Waals surface area (Å²) in [7, 11) is 0. The van der Waals surface area contributed by atoms with Crippen LogP contribution >= 0.6 is 0 Å². The van der Waals surface area contributed by atoms with Crippen LogP contribution in [0, 0.1) is 17.8 Å². The third-order valence-corrected chi connectivity index (χ3v) is 9.04. The summed E-state index contributed by atoms with van der Waals surface area (Å²) in [6.07, 6.45) is -16.0. The second-order valence-corrected chi connectivity index (χ2v) is 11.9. The van der Waals surface area contributed by atoms with Gasteiger partial charge >= 0.3 is 5.97 Å². The highest BCUT2D eigenvalue weighted by Gasteiger charge is 2.55. The Morgan fingerprint density at radius 3 is 2.15 bits per heavy atom. The number of fused-ring (bicyclic) bond motifs is 1. The number of rotatable bonds is 10. The van der Waals surface area contributed by atoms with Crippen LogP contribution in [0.5, 0.6) is 5.75 Å². The van der Waals surface area contributed by atoms with Crippen molar-refractivity contribution in [1.82, 2.24) is 0 Å². The lowest BCUT2D eigenvalue weighted by molar-refractivity contribution is -0.374. The highest BCUT2D eigenvalue weighted by molar-refractivity contribution is 5.93. The number of aromatic hydroxyl groups is 1. The summed E-state index contributed by atoms with van der Waals surface area (Å²) in [4.78, 5) is 25.8. The molecule has 14 atom stereocenters. The van der Waals surface area contributed by atoms with Gasteiger partial charge in [-0.3, -0.25) is 4.79 Å². The Morgan fingerprint density at radius 1 is 0.848 bits per heavy atom. The molecule has 1 aliphatic carbocycles. The number of hydrogen-bond donors (Lipinski definition) is 8. The third kappa shape index (κ3) is 6.93. The lowest BCUT2D eigenvalue weighted by atomic mass is 9.83. The minimum Gasteiger partial charge on any atom is -0.508 e. The molecule has 1 saturated carbocycles. The minimum atomic E-state index is -1.82. The zero-order valence-electron chi connectivity index (χ0n) is 24.8. The van der Waals surface area contributed by atoms with Crippen molar-refractivity contribution in [2.75, 3.05) is 19.8 Å². The van der Waals surface area contributed by atoms with E-state index in [2.05, 4.69) is 0 Å². The van der Waals surface area contributed by atoms with Crippen molar-refractivity contribution in [3.05, 3.63) is 41.7 Å². The second kappa shape index (κ2) is 14.6. The van der Waals surface area contributed by atoms with Gasteiger partial charge in [-0.05, 0) is 17.7 Å². The van der Waals surface area contributed by atoms with Gasteiger partial charge in [0.05, 0.1) is 31.7 Å². The molecule has 0 aromatic heterocycles. The molecule has 16 nitrogen and oxygen atoms in total. The Labute approximate surface area is 263 Å². The zero-order valence-corrected chi connectivity index (χ0v) is 24.8. The maximum absolute atomic E-state index is 13.0. The summed E-state index contributed by atoms with van der Waals surface area (Å²) in [5.74, 6) is -2.66. The molecule has 0 amide bonds. The summed E-state index contributed by atoms with van der Waals surface area (Å²) in [6.45, 7) is 0.198. The molecule has 16 heteroatoms. The number of benzene rings is 1. The molecule has 46 heavy (non-hydrogen) atoms. The molecule has 4 aliphatic rings. The van der Waals surface area contributed by atoms with Crippen molar-refractivity contribution >= 4 is 11.8 Å². The van der Waals surface area contributed by atoms with Crippen LogP contribution < -0.4 is 0 Å². The molecule has 256 valence electrons. The molecular weight excluding hydrogens is 616 g/mol. The Morgan fingerprint density at radius 2 is 1.48 bits per heavy atom. The van der Waals surface area contributed by atoms with E-state index in [-0.39, 0.29) is 30.1 Å². The predicted octanol–water partition coefficient (Wildman–Crippen LogP) is -2.80. The van der Waals surface area contributed by atoms with E-state index >= 15 is 0 Å². The lowest BCUT2D eigenvalue weighted by Gasteiger charge is -2.46. The van der Waals surface area contributed by atoms with Crippen LogP contribution in [0.15, 0.2) is 36.1 Å². The Kier molecular flexibility index (Phi) is 11.0. The van der Waals surface area contributed by atoms with Gasteiger partial charge in [0.15, 0.2) is 12.6 Å². The quantitative estimate of drug-likeness (QED) is 0.118. The summed E-state index contributed by atoms with van der Waals surface area (Å²) < 4.78 is 33.6. The van der Waals surface area contributed by atoms with E-state index in [1.165, 1.54) is 12.1 Å². The number of aliphatic hydroxyl groups excluding tert-OH is 7. The molecular formula is C30H40O16. The average Bonchev–Trinajstić information content (AvgIpc) is 3.35. The molecule has 3 heterocycles. The molecule has 2 saturated heterocycles. The summed E-state index contributed by atoms with van der Waals surface area (Å²) in [5, 5.41) is 81.2. The van der Waals surface area contributed by atoms with Gasteiger partial charge in [0.25, 0.3) is 0 Å². The summed E-state index contributed by atoms with van der Waals surface area (Å²) in [5.41, 5.74) is 0.977. The number of hydrogen-bond acceptors (Lipinski definition) is 16. The molecule has 1 aromatic rings. The number of ether oxygens (including phenoxy) is 6. The Balaban J connectivity index is 1.24. The van der Waals surface area contributed by atoms with Crippen LogP contribution in [0.2, 0.25) is 0 Å². The first-order valence-corrected chi connectivity index (χ1v) is 15.0. The molecule has 3 fully saturated rings. The van der Waals surface area contributed by atoms with E-state index in [9.17, 15) is 50.4 Å². The number of phenols is 1.